The van der Waals surface area contributed by atoms with Gasteiger partial charge in [-0.25, -0.2) is 0 Å². The number of hydrogen-bond acceptors (Lipinski definition) is 3. The highest BCUT2D eigenvalue weighted by molar-refractivity contribution is 9.10. The number of carboxylic acid groups (broad SMARTS) is 1. The molecule has 0 heterocycles. The molecule has 0 spiro atoms. The normalized spacial score (nSPS) is 11.7. The summed E-state index contributed by atoms with van der Waals surface area (Å²) in [5.74, 6) is -1.21. The van der Waals surface area contributed by atoms with Gasteiger partial charge >= 0.3 is 12.3 Å². The predicted molar refractivity (Wildman–Crippen MR) is 69.4 cm³/mol. The Morgan fingerprint density at radius 1 is 1.45 bits per heavy atom. The van der Waals surface area contributed by atoms with Gasteiger partial charge in [-0.1, -0.05) is 6.07 Å². The number of ether oxygens (including phenoxy) is 1. The molecular formula is C12H13BrF3NO3. The van der Waals surface area contributed by atoms with Gasteiger partial charge in [-0.2, -0.15) is 0 Å². The molecule has 20 heavy (non-hydrogen) atoms. The van der Waals surface area contributed by atoms with Crippen molar-refractivity contribution in [1.82, 2.24) is 4.90 Å². The maximum atomic E-state index is 12.1. The Bertz CT molecular complexity index is 480. The molecule has 112 valence electrons. The summed E-state index contributed by atoms with van der Waals surface area (Å²) in [6, 6.07) is 4.24. The maximum Gasteiger partial charge on any atom is 0.573 e. The van der Waals surface area contributed by atoms with E-state index in [4.69, 9.17) is 5.11 Å². The topological polar surface area (TPSA) is 49.8 Å². The number of halogens is 4. The molecule has 0 saturated carbocycles. The zero-order valence-electron chi connectivity index (χ0n) is 10.6. The first-order valence-electron chi connectivity index (χ1n) is 5.62. The highest BCUT2D eigenvalue weighted by Crippen LogP contribution is 2.31. The van der Waals surface area contributed by atoms with Gasteiger partial charge in [0.05, 0.1) is 10.9 Å². The van der Waals surface area contributed by atoms with Gasteiger partial charge < -0.3 is 14.7 Å². The van der Waals surface area contributed by atoms with E-state index in [0.717, 1.165) is 5.56 Å². The molecule has 1 rings (SSSR count). The molecule has 1 aromatic rings. The highest BCUT2D eigenvalue weighted by atomic mass is 79.9. The lowest BCUT2D eigenvalue weighted by atomic mass is 10.2. The number of hydrogen-bond donors (Lipinski definition) is 1. The second kappa shape index (κ2) is 6.94. The standard InChI is InChI=1S/C12H13BrF3NO3/c1-17(5-4-11(18)19)7-8-2-3-10(9(13)6-8)20-12(14,15)16/h2-3,6H,4-5,7H2,1H3,(H,18,19). The van der Waals surface area contributed by atoms with Crippen molar-refractivity contribution in [3.63, 3.8) is 0 Å². The average molecular weight is 356 g/mol. The van der Waals surface area contributed by atoms with Crippen molar-refractivity contribution in [3.05, 3.63) is 28.2 Å². The second-order valence-corrected chi connectivity index (χ2v) is 5.05. The number of rotatable bonds is 6. The molecule has 1 N–H and O–H groups in total. The first kappa shape index (κ1) is 16.8. The van der Waals surface area contributed by atoms with E-state index in [2.05, 4.69) is 20.7 Å². The molecule has 0 atom stereocenters. The van der Waals surface area contributed by atoms with E-state index in [1.807, 2.05) is 0 Å². The van der Waals surface area contributed by atoms with Crippen LogP contribution < -0.4 is 4.74 Å². The Morgan fingerprint density at radius 3 is 2.60 bits per heavy atom. The van der Waals surface area contributed by atoms with Crippen molar-refractivity contribution < 1.29 is 27.8 Å². The molecule has 0 unspecified atom stereocenters. The van der Waals surface area contributed by atoms with Crippen molar-refractivity contribution in [2.24, 2.45) is 0 Å². The SMILES string of the molecule is CN(CCC(=O)O)Cc1ccc(OC(F)(F)F)c(Br)c1. The van der Waals surface area contributed by atoms with Gasteiger partial charge in [-0.15, -0.1) is 13.2 Å². The van der Waals surface area contributed by atoms with Crippen LogP contribution in [0.15, 0.2) is 22.7 Å². The number of aliphatic carboxylic acids is 1. The fourth-order valence-electron chi connectivity index (χ4n) is 1.53. The quantitative estimate of drug-likeness (QED) is 0.850. The Labute approximate surface area is 122 Å². The highest BCUT2D eigenvalue weighted by Gasteiger charge is 2.31. The van der Waals surface area contributed by atoms with Gasteiger partial charge in [-0.05, 0) is 40.7 Å². The Kier molecular flexibility index (Phi) is 5.82. The van der Waals surface area contributed by atoms with E-state index in [1.165, 1.54) is 18.2 Å². The molecule has 0 aliphatic carbocycles. The first-order chi connectivity index (χ1) is 9.17. The molecule has 0 bridgehead atoms. The summed E-state index contributed by atoms with van der Waals surface area (Å²) in [5.41, 5.74) is 0.749. The van der Waals surface area contributed by atoms with Crippen LogP contribution >= 0.6 is 15.9 Å². The van der Waals surface area contributed by atoms with E-state index in [-0.39, 0.29) is 16.6 Å². The minimum Gasteiger partial charge on any atom is -0.481 e. The molecule has 4 nitrogen and oxygen atoms in total. The summed E-state index contributed by atoms with van der Waals surface area (Å²) in [7, 11) is 1.73. The van der Waals surface area contributed by atoms with E-state index >= 15 is 0 Å². The van der Waals surface area contributed by atoms with E-state index in [0.29, 0.717) is 13.1 Å². The third-order valence-corrected chi connectivity index (χ3v) is 3.00. The van der Waals surface area contributed by atoms with Crippen molar-refractivity contribution >= 4 is 21.9 Å². The van der Waals surface area contributed by atoms with E-state index < -0.39 is 12.3 Å². The van der Waals surface area contributed by atoms with Crippen LogP contribution in [0, 0.1) is 0 Å². The van der Waals surface area contributed by atoms with Gasteiger partial charge in [0.1, 0.15) is 5.75 Å². The molecule has 0 fully saturated rings. The molecule has 0 aromatic heterocycles. The van der Waals surface area contributed by atoms with Crippen molar-refractivity contribution in [1.29, 1.82) is 0 Å². The molecule has 1 aromatic carbocycles. The zero-order chi connectivity index (χ0) is 15.3. The minimum atomic E-state index is -4.73. The molecular weight excluding hydrogens is 343 g/mol. The van der Waals surface area contributed by atoms with Crippen LogP contribution in [0.5, 0.6) is 5.75 Å². The van der Waals surface area contributed by atoms with Crippen molar-refractivity contribution in [3.8, 4) is 5.75 Å². The largest absolute Gasteiger partial charge is 0.573 e. The predicted octanol–water partition coefficient (Wildman–Crippen LogP) is 3.25. The average Bonchev–Trinajstić information content (AvgIpc) is 2.28. The summed E-state index contributed by atoms with van der Waals surface area (Å²) >= 11 is 3.01. The molecule has 0 aliphatic heterocycles. The molecule has 0 aliphatic rings. The van der Waals surface area contributed by atoms with Crippen molar-refractivity contribution in [2.75, 3.05) is 13.6 Å². The lowest BCUT2D eigenvalue weighted by Crippen LogP contribution is -2.21. The number of nitrogens with zero attached hydrogens (tertiary/aromatic N) is 1. The first-order valence-corrected chi connectivity index (χ1v) is 6.41. The van der Waals surface area contributed by atoms with E-state index in [9.17, 15) is 18.0 Å². The third-order valence-electron chi connectivity index (χ3n) is 2.38. The van der Waals surface area contributed by atoms with Crippen LogP contribution in [0.3, 0.4) is 0 Å². The van der Waals surface area contributed by atoms with Gasteiger partial charge in [-0.3, -0.25) is 4.79 Å². The summed E-state index contributed by atoms with van der Waals surface area (Å²) < 4.78 is 40.3. The monoisotopic (exact) mass is 355 g/mol. The summed E-state index contributed by atoms with van der Waals surface area (Å²) in [6.45, 7) is 0.784. The van der Waals surface area contributed by atoms with Gasteiger partial charge in [0.15, 0.2) is 0 Å². The van der Waals surface area contributed by atoms with Crippen LogP contribution in [0.1, 0.15) is 12.0 Å². The van der Waals surface area contributed by atoms with Gasteiger partial charge in [0.25, 0.3) is 0 Å². The summed E-state index contributed by atoms with van der Waals surface area (Å²) in [4.78, 5) is 12.2. The number of benzene rings is 1. The molecule has 0 saturated heterocycles. The van der Waals surface area contributed by atoms with Crippen LogP contribution in [0.25, 0.3) is 0 Å². The van der Waals surface area contributed by atoms with Gasteiger partial charge in [0, 0.05) is 13.1 Å². The molecule has 8 heteroatoms. The second-order valence-electron chi connectivity index (χ2n) is 4.19. The Balaban J connectivity index is 2.65. The van der Waals surface area contributed by atoms with Crippen molar-refractivity contribution in [2.45, 2.75) is 19.3 Å². The summed E-state index contributed by atoms with van der Waals surface area (Å²) in [6.07, 6.45) is -4.73. The lowest BCUT2D eigenvalue weighted by Gasteiger charge is -2.16. The van der Waals surface area contributed by atoms with Crippen LogP contribution in [-0.4, -0.2) is 35.9 Å². The Hall–Kier alpha value is -1.28. The van der Waals surface area contributed by atoms with E-state index in [1.54, 1.807) is 11.9 Å². The maximum absolute atomic E-state index is 12.1. The number of alkyl halides is 3. The molecule has 0 radical (unpaired) electrons. The lowest BCUT2D eigenvalue weighted by molar-refractivity contribution is -0.274. The fraction of sp³-hybridized carbons (Fsp3) is 0.417. The van der Waals surface area contributed by atoms with Crippen LogP contribution in [-0.2, 0) is 11.3 Å². The zero-order valence-corrected chi connectivity index (χ0v) is 12.2. The third kappa shape index (κ3) is 6.25. The minimum absolute atomic E-state index is 0.00688. The number of carboxylic acids is 1. The van der Waals surface area contributed by atoms with Crippen LogP contribution in [0.4, 0.5) is 13.2 Å². The van der Waals surface area contributed by atoms with Crippen LogP contribution in [0.2, 0.25) is 0 Å². The Morgan fingerprint density at radius 2 is 2.10 bits per heavy atom. The van der Waals surface area contributed by atoms with Gasteiger partial charge in [0.2, 0.25) is 0 Å². The number of carbonyl (C=O) groups is 1. The smallest absolute Gasteiger partial charge is 0.481 e. The fourth-order valence-corrected chi connectivity index (χ4v) is 2.03. The summed E-state index contributed by atoms with van der Waals surface area (Å²) in [5, 5.41) is 8.56. The molecule has 0 amide bonds.